The number of hydrogen-bond donors (Lipinski definition) is 1. The first-order chi connectivity index (χ1) is 11.5. The van der Waals surface area contributed by atoms with E-state index >= 15 is 0 Å². The normalized spacial score (nSPS) is 47.6. The maximum Gasteiger partial charge on any atom is 0.155 e. The summed E-state index contributed by atoms with van der Waals surface area (Å²) in [4.78, 5) is 11.8. The summed E-state index contributed by atoms with van der Waals surface area (Å²) in [7, 11) is 0. The second-order valence-electron chi connectivity index (χ2n) is 9.17. The summed E-state index contributed by atoms with van der Waals surface area (Å²) in [5.74, 6) is 3.33. The van der Waals surface area contributed by atoms with E-state index in [4.69, 9.17) is 0 Å². The Balaban J connectivity index is 1.64. The van der Waals surface area contributed by atoms with Crippen molar-refractivity contribution in [1.82, 2.24) is 0 Å². The smallest absolute Gasteiger partial charge is 0.155 e. The van der Waals surface area contributed by atoms with Crippen LogP contribution in [0, 0.1) is 29.1 Å². The number of carbonyl (C=O) groups is 1. The first kappa shape index (κ1) is 16.8. The van der Waals surface area contributed by atoms with Crippen LogP contribution < -0.4 is 0 Å². The van der Waals surface area contributed by atoms with Crippen LogP contribution in [0.25, 0.3) is 0 Å². The topological polar surface area (TPSA) is 37.3 Å². The maximum atomic E-state index is 11.8. The van der Waals surface area contributed by atoms with E-state index in [-0.39, 0.29) is 5.41 Å². The minimum absolute atomic E-state index is 0.176. The molecule has 0 radical (unpaired) electrons. The third kappa shape index (κ3) is 2.21. The van der Waals surface area contributed by atoms with Gasteiger partial charge in [-0.1, -0.05) is 25.8 Å². The second-order valence-corrected chi connectivity index (χ2v) is 9.17. The molecule has 2 heteroatoms. The van der Waals surface area contributed by atoms with Gasteiger partial charge in [0.25, 0.3) is 0 Å². The molecule has 0 amide bonds. The van der Waals surface area contributed by atoms with E-state index in [0.29, 0.717) is 11.7 Å². The molecule has 3 saturated carbocycles. The molecule has 0 aromatic rings. The van der Waals surface area contributed by atoms with Crippen LogP contribution in [-0.4, -0.2) is 16.5 Å². The molecule has 24 heavy (non-hydrogen) atoms. The minimum Gasteiger partial charge on any atom is -0.389 e. The number of hydrogen-bond acceptors (Lipinski definition) is 2. The highest BCUT2D eigenvalue weighted by Gasteiger charge is 2.63. The third-order valence-corrected chi connectivity index (χ3v) is 8.60. The molecule has 3 fully saturated rings. The summed E-state index contributed by atoms with van der Waals surface area (Å²) < 4.78 is 0. The summed E-state index contributed by atoms with van der Waals surface area (Å²) in [5, 5.41) is 11.5. The predicted octanol–water partition coefficient (Wildman–Crippen LogP) is 5.05. The Morgan fingerprint density at radius 2 is 1.92 bits per heavy atom. The lowest BCUT2D eigenvalue weighted by atomic mass is 9.49. The fourth-order valence-corrected chi connectivity index (χ4v) is 7.66. The molecule has 0 aliphatic heterocycles. The van der Waals surface area contributed by atoms with Crippen LogP contribution in [0.3, 0.4) is 0 Å². The van der Waals surface area contributed by atoms with E-state index in [0.717, 1.165) is 62.7 Å². The summed E-state index contributed by atoms with van der Waals surface area (Å²) in [6, 6.07) is 0. The van der Waals surface area contributed by atoms with E-state index in [2.05, 4.69) is 13.8 Å². The van der Waals surface area contributed by atoms with Crippen LogP contribution in [-0.2, 0) is 4.79 Å². The Kier molecular flexibility index (Phi) is 4.18. The first-order valence-electron chi connectivity index (χ1n) is 10.5. The van der Waals surface area contributed by atoms with Crippen LogP contribution in [0.4, 0.5) is 0 Å². The average molecular weight is 331 g/mol. The van der Waals surface area contributed by atoms with Crippen LogP contribution in [0.2, 0.25) is 0 Å². The molecule has 1 N–H and O–H groups in total. The maximum absolute atomic E-state index is 11.8. The molecule has 4 rings (SSSR count). The molecule has 0 saturated heterocycles. The van der Waals surface area contributed by atoms with Gasteiger partial charge >= 0.3 is 0 Å². The lowest BCUT2D eigenvalue weighted by Crippen LogP contribution is -2.54. The number of carbonyl (C=O) groups excluding carboxylic acids is 1. The fraction of sp³-hybridized carbons (Fsp3) is 0.864. The van der Waals surface area contributed by atoms with Crippen LogP contribution in [0.5, 0.6) is 0 Å². The molecular weight excluding hydrogens is 296 g/mol. The van der Waals surface area contributed by atoms with Crippen molar-refractivity contribution < 1.29 is 9.90 Å². The summed E-state index contributed by atoms with van der Waals surface area (Å²) in [6.45, 7) is 4.55. The van der Waals surface area contributed by atoms with Crippen molar-refractivity contribution in [2.75, 3.05) is 0 Å². The molecule has 134 valence electrons. The molecule has 0 spiro atoms. The minimum atomic E-state index is -0.412. The standard InChI is InChI=1S/C22H34O2/c1-3-11-22(24)13-10-20-19-7-5-15-14-16(23)6-8-17(15)18(19)9-12-21(20,22)4-2/h14,17-20,24H,3-13H2,1-2H3/t17-,18+,19+,20-,21-,22-/m0/s1. The number of allylic oxidation sites excluding steroid dienone is 1. The molecule has 2 nitrogen and oxygen atoms in total. The van der Waals surface area contributed by atoms with Crippen molar-refractivity contribution in [2.45, 2.75) is 90.1 Å². The van der Waals surface area contributed by atoms with Gasteiger partial charge in [0.15, 0.2) is 5.78 Å². The van der Waals surface area contributed by atoms with Crippen molar-refractivity contribution in [2.24, 2.45) is 29.1 Å². The average Bonchev–Trinajstić information content (AvgIpc) is 2.88. The van der Waals surface area contributed by atoms with Gasteiger partial charge in [0.05, 0.1) is 5.60 Å². The molecule has 4 aliphatic rings. The molecule has 4 aliphatic carbocycles. The molecule has 0 unspecified atom stereocenters. The summed E-state index contributed by atoms with van der Waals surface area (Å²) in [5.41, 5.74) is 1.24. The van der Waals surface area contributed by atoms with Gasteiger partial charge in [0.2, 0.25) is 0 Å². The number of ketones is 1. The Bertz CT molecular complexity index is 550. The highest BCUT2D eigenvalue weighted by atomic mass is 16.3. The van der Waals surface area contributed by atoms with Crippen molar-refractivity contribution in [1.29, 1.82) is 0 Å². The van der Waals surface area contributed by atoms with E-state index in [1.54, 1.807) is 0 Å². The number of fused-ring (bicyclic) bond motifs is 5. The van der Waals surface area contributed by atoms with Crippen molar-refractivity contribution in [3.8, 4) is 0 Å². The second kappa shape index (κ2) is 5.97. The number of rotatable bonds is 3. The van der Waals surface area contributed by atoms with Gasteiger partial charge in [0, 0.05) is 11.8 Å². The van der Waals surface area contributed by atoms with Gasteiger partial charge in [-0.3, -0.25) is 4.79 Å². The van der Waals surface area contributed by atoms with Crippen LogP contribution >= 0.6 is 0 Å². The largest absolute Gasteiger partial charge is 0.389 e. The quantitative estimate of drug-likeness (QED) is 0.786. The molecule has 0 aromatic carbocycles. The fourth-order valence-electron chi connectivity index (χ4n) is 7.66. The zero-order valence-electron chi connectivity index (χ0n) is 15.5. The third-order valence-electron chi connectivity index (χ3n) is 8.60. The summed E-state index contributed by atoms with van der Waals surface area (Å²) >= 11 is 0. The Labute approximate surface area is 147 Å². The van der Waals surface area contributed by atoms with Gasteiger partial charge in [-0.15, -0.1) is 0 Å². The van der Waals surface area contributed by atoms with E-state index in [1.165, 1.54) is 31.3 Å². The van der Waals surface area contributed by atoms with Gasteiger partial charge in [0.1, 0.15) is 0 Å². The van der Waals surface area contributed by atoms with Gasteiger partial charge in [-0.25, -0.2) is 0 Å². The van der Waals surface area contributed by atoms with Crippen molar-refractivity contribution in [3.63, 3.8) is 0 Å². The monoisotopic (exact) mass is 330 g/mol. The molecule has 6 atom stereocenters. The molecule has 0 heterocycles. The Hall–Kier alpha value is -0.630. The molecule has 0 bridgehead atoms. The zero-order valence-corrected chi connectivity index (χ0v) is 15.5. The van der Waals surface area contributed by atoms with Crippen molar-refractivity contribution >= 4 is 5.78 Å². The SMILES string of the molecule is CCC[C@]1(O)CC[C@H]2[C@@H]3CCC4=CC(=O)CC[C@@H]4[C@H]3CC[C@@]21CC. The van der Waals surface area contributed by atoms with Gasteiger partial charge in [-0.2, -0.15) is 0 Å². The highest BCUT2D eigenvalue weighted by molar-refractivity contribution is 5.91. The zero-order chi connectivity index (χ0) is 16.9. The highest BCUT2D eigenvalue weighted by Crippen LogP contribution is 2.67. The summed E-state index contributed by atoms with van der Waals surface area (Å²) in [6.07, 6.45) is 14.2. The van der Waals surface area contributed by atoms with Gasteiger partial charge in [-0.05, 0) is 87.5 Å². The first-order valence-corrected chi connectivity index (χ1v) is 10.5. The lowest BCUT2D eigenvalue weighted by molar-refractivity contribution is -0.134. The van der Waals surface area contributed by atoms with E-state index in [1.807, 2.05) is 6.08 Å². The van der Waals surface area contributed by atoms with E-state index in [9.17, 15) is 9.90 Å². The number of aliphatic hydroxyl groups is 1. The van der Waals surface area contributed by atoms with Crippen LogP contribution in [0.1, 0.15) is 84.5 Å². The molecular formula is C22H34O2. The van der Waals surface area contributed by atoms with Gasteiger partial charge < -0.3 is 5.11 Å². The predicted molar refractivity (Wildman–Crippen MR) is 96.6 cm³/mol. The lowest BCUT2D eigenvalue weighted by Gasteiger charge is -2.57. The Morgan fingerprint density at radius 3 is 2.67 bits per heavy atom. The Morgan fingerprint density at radius 1 is 1.08 bits per heavy atom. The van der Waals surface area contributed by atoms with Crippen molar-refractivity contribution in [3.05, 3.63) is 11.6 Å². The molecule has 0 aromatic heterocycles. The van der Waals surface area contributed by atoms with Crippen LogP contribution in [0.15, 0.2) is 11.6 Å². The van der Waals surface area contributed by atoms with E-state index < -0.39 is 5.60 Å².